The molecule has 5 nitrogen and oxygen atoms in total. The van der Waals surface area contributed by atoms with Gasteiger partial charge in [0, 0.05) is 31.2 Å². The molecule has 1 heterocycles. The quantitative estimate of drug-likeness (QED) is 0.839. The number of nitrogens with one attached hydrogen (secondary N) is 1. The minimum Gasteiger partial charge on any atom is -0.367 e. The first-order valence-corrected chi connectivity index (χ1v) is 10.3. The second-order valence-electron chi connectivity index (χ2n) is 6.12. The Labute approximate surface area is 158 Å². The van der Waals surface area contributed by atoms with Crippen molar-refractivity contribution in [3.05, 3.63) is 53.3 Å². The van der Waals surface area contributed by atoms with Crippen LogP contribution in [-0.2, 0) is 10.0 Å². The summed E-state index contributed by atoms with van der Waals surface area (Å²) in [6, 6.07) is 10.4. The second-order valence-corrected chi connectivity index (χ2v) is 8.21. The van der Waals surface area contributed by atoms with E-state index in [1.54, 1.807) is 18.2 Å². The largest absolute Gasteiger partial charge is 0.367 e. The van der Waals surface area contributed by atoms with Crippen molar-refractivity contribution in [3.63, 3.8) is 0 Å². The zero-order valence-electron chi connectivity index (χ0n) is 14.5. The highest BCUT2D eigenvalue weighted by Gasteiger charge is 2.23. The van der Waals surface area contributed by atoms with E-state index in [1.807, 2.05) is 0 Å². The Morgan fingerprint density at radius 3 is 2.46 bits per heavy atom. The molecule has 2 aromatic carbocycles. The number of halogens is 2. The molecule has 0 amide bonds. The van der Waals surface area contributed by atoms with Crippen LogP contribution in [0.4, 0.5) is 15.8 Å². The first-order valence-electron chi connectivity index (χ1n) is 8.45. The van der Waals surface area contributed by atoms with Crippen molar-refractivity contribution in [1.82, 2.24) is 4.90 Å². The van der Waals surface area contributed by atoms with Crippen LogP contribution < -0.4 is 9.62 Å². The van der Waals surface area contributed by atoms with Gasteiger partial charge in [-0.05, 0) is 36.9 Å². The van der Waals surface area contributed by atoms with Gasteiger partial charge >= 0.3 is 0 Å². The Morgan fingerprint density at radius 1 is 1.12 bits per heavy atom. The summed E-state index contributed by atoms with van der Waals surface area (Å²) in [6.07, 6.45) is 0. The lowest BCUT2D eigenvalue weighted by molar-refractivity contribution is 0.271. The fraction of sp³-hybridized carbons (Fsp3) is 0.333. The van der Waals surface area contributed by atoms with Crippen molar-refractivity contribution in [3.8, 4) is 0 Å². The van der Waals surface area contributed by atoms with Gasteiger partial charge in [0.1, 0.15) is 10.7 Å². The molecule has 0 saturated carbocycles. The topological polar surface area (TPSA) is 52.6 Å². The molecule has 0 aliphatic carbocycles. The van der Waals surface area contributed by atoms with Crippen LogP contribution in [0, 0.1) is 5.82 Å². The van der Waals surface area contributed by atoms with Crippen LogP contribution in [-0.4, -0.2) is 46.0 Å². The average molecular weight is 398 g/mol. The maximum absolute atomic E-state index is 13.9. The smallest absolute Gasteiger partial charge is 0.264 e. The predicted octanol–water partition coefficient (Wildman–Crippen LogP) is 3.42. The highest BCUT2D eigenvalue weighted by atomic mass is 35.5. The van der Waals surface area contributed by atoms with Gasteiger partial charge in [0.25, 0.3) is 10.0 Å². The Kier molecular flexibility index (Phi) is 5.70. The number of sulfonamides is 1. The monoisotopic (exact) mass is 397 g/mol. The minimum absolute atomic E-state index is 0.353. The molecule has 140 valence electrons. The van der Waals surface area contributed by atoms with Gasteiger partial charge in [-0.1, -0.05) is 30.7 Å². The molecule has 0 unspecified atom stereocenters. The van der Waals surface area contributed by atoms with E-state index < -0.39 is 15.8 Å². The summed E-state index contributed by atoms with van der Waals surface area (Å²) in [7, 11) is -4.06. The first kappa shape index (κ1) is 18.9. The number of benzene rings is 2. The summed E-state index contributed by atoms with van der Waals surface area (Å²) >= 11 is 6.07. The zero-order valence-corrected chi connectivity index (χ0v) is 16.0. The Balaban J connectivity index is 1.91. The number of anilines is 2. The van der Waals surface area contributed by atoms with Gasteiger partial charge in [-0.3, -0.25) is 4.72 Å². The van der Waals surface area contributed by atoms with E-state index in [9.17, 15) is 12.8 Å². The summed E-state index contributed by atoms with van der Waals surface area (Å²) in [5.41, 5.74) is 1.09. The van der Waals surface area contributed by atoms with E-state index in [4.69, 9.17) is 11.6 Å². The lowest BCUT2D eigenvalue weighted by atomic mass is 10.2. The van der Waals surface area contributed by atoms with E-state index in [0.29, 0.717) is 10.7 Å². The van der Waals surface area contributed by atoms with Gasteiger partial charge in [-0.2, -0.15) is 0 Å². The van der Waals surface area contributed by atoms with E-state index in [2.05, 4.69) is 21.4 Å². The summed E-state index contributed by atoms with van der Waals surface area (Å²) in [5.74, 6) is -0.792. The highest BCUT2D eigenvalue weighted by Crippen LogP contribution is 2.32. The molecule has 1 aliphatic heterocycles. The molecule has 0 bridgehead atoms. The van der Waals surface area contributed by atoms with Crippen molar-refractivity contribution < 1.29 is 12.8 Å². The van der Waals surface area contributed by atoms with E-state index in [0.717, 1.165) is 44.5 Å². The number of rotatable bonds is 5. The molecule has 3 rings (SSSR count). The molecule has 8 heteroatoms. The third-order valence-corrected chi connectivity index (χ3v) is 6.12. The molecule has 26 heavy (non-hydrogen) atoms. The predicted molar refractivity (Wildman–Crippen MR) is 103 cm³/mol. The lowest BCUT2D eigenvalue weighted by Gasteiger charge is -2.36. The lowest BCUT2D eigenvalue weighted by Crippen LogP contribution is -2.46. The molecule has 1 aliphatic rings. The molecule has 0 radical (unpaired) electrons. The van der Waals surface area contributed by atoms with E-state index in [-0.39, 0.29) is 4.90 Å². The van der Waals surface area contributed by atoms with Crippen LogP contribution in [0.2, 0.25) is 5.02 Å². The zero-order chi connectivity index (χ0) is 18.7. The molecule has 1 saturated heterocycles. The van der Waals surface area contributed by atoms with Crippen LogP contribution in [0.1, 0.15) is 6.92 Å². The van der Waals surface area contributed by atoms with Crippen LogP contribution in [0.25, 0.3) is 0 Å². The van der Waals surface area contributed by atoms with Gasteiger partial charge in [0.15, 0.2) is 0 Å². The number of nitrogens with zero attached hydrogens (tertiary/aromatic N) is 2. The van der Waals surface area contributed by atoms with Gasteiger partial charge in [0.2, 0.25) is 0 Å². The van der Waals surface area contributed by atoms with Gasteiger partial charge in [-0.25, -0.2) is 12.8 Å². The average Bonchev–Trinajstić information content (AvgIpc) is 2.62. The number of likely N-dealkylation sites (N-methyl/N-ethyl adjacent to an activating group) is 1. The Morgan fingerprint density at radius 2 is 1.81 bits per heavy atom. The fourth-order valence-electron chi connectivity index (χ4n) is 3.03. The summed E-state index contributed by atoms with van der Waals surface area (Å²) in [5, 5.41) is 0.409. The molecule has 2 aromatic rings. The van der Waals surface area contributed by atoms with Crippen molar-refractivity contribution in [1.29, 1.82) is 0 Å². The van der Waals surface area contributed by atoms with Crippen LogP contribution >= 0.6 is 11.6 Å². The number of piperazine rings is 1. The maximum Gasteiger partial charge on any atom is 0.264 e. The van der Waals surface area contributed by atoms with E-state index in [1.165, 1.54) is 18.2 Å². The van der Waals surface area contributed by atoms with Crippen LogP contribution in [0.3, 0.4) is 0 Å². The highest BCUT2D eigenvalue weighted by molar-refractivity contribution is 7.92. The maximum atomic E-state index is 13.9. The summed E-state index contributed by atoms with van der Waals surface area (Å²) < 4.78 is 41.7. The van der Waals surface area contributed by atoms with E-state index >= 15 is 0 Å². The first-order chi connectivity index (χ1) is 12.4. The third-order valence-electron chi connectivity index (χ3n) is 4.49. The van der Waals surface area contributed by atoms with Gasteiger partial charge in [-0.15, -0.1) is 0 Å². The Hall–Kier alpha value is -1.83. The van der Waals surface area contributed by atoms with Crippen molar-refractivity contribution in [2.75, 3.05) is 42.3 Å². The normalized spacial score (nSPS) is 15.9. The molecular formula is C18H21ClFN3O2S. The van der Waals surface area contributed by atoms with Crippen LogP contribution in [0.5, 0.6) is 0 Å². The molecule has 1 fully saturated rings. The van der Waals surface area contributed by atoms with Crippen LogP contribution in [0.15, 0.2) is 47.4 Å². The van der Waals surface area contributed by atoms with Crippen molar-refractivity contribution >= 4 is 33.0 Å². The number of hydrogen-bond donors (Lipinski definition) is 1. The molecule has 0 aromatic heterocycles. The van der Waals surface area contributed by atoms with Crippen molar-refractivity contribution in [2.45, 2.75) is 11.8 Å². The molecule has 1 N–H and O–H groups in total. The fourth-order valence-corrected chi connectivity index (χ4v) is 4.35. The minimum atomic E-state index is -4.06. The SMILES string of the molecule is CCN1CCN(c2ccc(Cl)cc2NS(=O)(=O)c2ccccc2F)CC1. The Bertz CT molecular complexity index is 884. The van der Waals surface area contributed by atoms with Crippen molar-refractivity contribution in [2.24, 2.45) is 0 Å². The van der Waals surface area contributed by atoms with Gasteiger partial charge < -0.3 is 9.80 Å². The molecule has 0 atom stereocenters. The summed E-state index contributed by atoms with van der Waals surface area (Å²) in [4.78, 5) is 4.05. The molecular weight excluding hydrogens is 377 g/mol. The number of hydrogen-bond acceptors (Lipinski definition) is 4. The third kappa shape index (κ3) is 4.11. The standard InChI is InChI=1S/C18H21ClFN3O2S/c1-2-22-9-11-23(12-10-22)17-8-7-14(19)13-16(17)21-26(24,25)18-6-4-3-5-15(18)20/h3-8,13,21H,2,9-12H2,1H3. The second kappa shape index (κ2) is 7.82. The summed E-state index contributed by atoms with van der Waals surface area (Å²) in [6.45, 7) is 6.47. The van der Waals surface area contributed by atoms with Gasteiger partial charge in [0.05, 0.1) is 11.4 Å². The molecule has 0 spiro atoms.